The predicted octanol–water partition coefficient (Wildman–Crippen LogP) is 1.74. The highest BCUT2D eigenvalue weighted by Gasteiger charge is 2.44. The molecule has 1 unspecified atom stereocenters. The summed E-state index contributed by atoms with van der Waals surface area (Å²) in [4.78, 5) is 15.5. The van der Waals surface area contributed by atoms with Crippen molar-refractivity contribution in [3.8, 4) is 0 Å². The van der Waals surface area contributed by atoms with E-state index in [0.29, 0.717) is 38.2 Å². The smallest absolute Gasteiger partial charge is 0.243 e. The molecule has 31 heavy (non-hydrogen) atoms. The molecule has 1 amide bonds. The number of carbonyl (C=O) groups is 1. The maximum absolute atomic E-state index is 13.5. The highest BCUT2D eigenvalue weighted by Crippen LogP contribution is 2.33. The van der Waals surface area contributed by atoms with E-state index in [1.165, 1.54) is 4.31 Å². The van der Waals surface area contributed by atoms with Gasteiger partial charge in [-0.15, -0.1) is 10.2 Å². The standard InChI is InChI=1S/C21H24N6O3S/c28-21(26(17-8-9-17)13-11-20-22-24-25-23-20)19-6-3-12-27(19)31(29,30)18-10-7-15-4-1-2-5-16(15)14-18/h1-2,4-5,7,10,14,17,19H,3,6,8-9,11-13H2,(H,22,23,24,25). The van der Waals surface area contributed by atoms with Crippen LogP contribution in [0.1, 0.15) is 31.5 Å². The number of benzene rings is 2. The molecule has 162 valence electrons. The zero-order valence-electron chi connectivity index (χ0n) is 17.0. The van der Waals surface area contributed by atoms with Gasteiger partial charge >= 0.3 is 0 Å². The van der Waals surface area contributed by atoms with Crippen molar-refractivity contribution in [2.75, 3.05) is 13.1 Å². The van der Waals surface area contributed by atoms with E-state index in [1.807, 2.05) is 35.2 Å². The molecule has 1 atom stereocenters. The topological polar surface area (TPSA) is 112 Å². The summed E-state index contributed by atoms with van der Waals surface area (Å²) in [6.07, 6.45) is 3.59. The van der Waals surface area contributed by atoms with Crippen LogP contribution in [0.4, 0.5) is 0 Å². The number of tetrazole rings is 1. The average molecular weight is 441 g/mol. The highest BCUT2D eigenvalue weighted by molar-refractivity contribution is 7.89. The molecule has 0 spiro atoms. The van der Waals surface area contributed by atoms with Crippen LogP contribution < -0.4 is 0 Å². The molecule has 1 saturated heterocycles. The lowest BCUT2D eigenvalue weighted by atomic mass is 10.1. The molecule has 0 radical (unpaired) electrons. The number of hydrogen-bond acceptors (Lipinski definition) is 6. The summed E-state index contributed by atoms with van der Waals surface area (Å²) in [5, 5.41) is 15.7. The number of hydrogen-bond donors (Lipinski definition) is 1. The van der Waals surface area contributed by atoms with Gasteiger partial charge in [-0.05, 0) is 48.6 Å². The quantitative estimate of drug-likeness (QED) is 0.599. The van der Waals surface area contributed by atoms with Gasteiger partial charge in [-0.3, -0.25) is 4.79 Å². The van der Waals surface area contributed by atoms with Crippen molar-refractivity contribution in [2.45, 2.75) is 49.1 Å². The molecule has 5 rings (SSSR count). The lowest BCUT2D eigenvalue weighted by Gasteiger charge is -2.30. The number of H-pyrrole nitrogens is 1. The van der Waals surface area contributed by atoms with Crippen LogP contribution in [0.5, 0.6) is 0 Å². The molecular formula is C21H24N6O3S. The minimum absolute atomic E-state index is 0.118. The number of fused-ring (bicyclic) bond motifs is 1. The van der Waals surface area contributed by atoms with Gasteiger partial charge in [0.05, 0.1) is 4.90 Å². The van der Waals surface area contributed by atoms with Crippen LogP contribution in [0, 0.1) is 0 Å². The second-order valence-electron chi connectivity index (χ2n) is 8.12. The number of nitrogens with zero attached hydrogens (tertiary/aromatic N) is 5. The number of sulfonamides is 1. The summed E-state index contributed by atoms with van der Waals surface area (Å²) < 4.78 is 28.3. The van der Waals surface area contributed by atoms with Crippen molar-refractivity contribution in [3.63, 3.8) is 0 Å². The average Bonchev–Trinajstić information content (AvgIpc) is 3.26. The third-order valence-electron chi connectivity index (χ3n) is 6.05. The number of nitrogens with one attached hydrogen (secondary N) is 1. The van der Waals surface area contributed by atoms with Gasteiger partial charge in [-0.25, -0.2) is 8.42 Å². The lowest BCUT2D eigenvalue weighted by molar-refractivity contribution is -0.135. The normalized spacial score (nSPS) is 19.7. The lowest BCUT2D eigenvalue weighted by Crippen LogP contribution is -2.49. The molecule has 10 heteroatoms. The van der Waals surface area contributed by atoms with Crippen LogP contribution in [-0.4, -0.2) is 69.3 Å². The minimum atomic E-state index is -3.78. The molecular weight excluding hydrogens is 416 g/mol. The largest absolute Gasteiger partial charge is 0.338 e. The fraction of sp³-hybridized carbons (Fsp3) is 0.429. The minimum Gasteiger partial charge on any atom is -0.338 e. The zero-order valence-corrected chi connectivity index (χ0v) is 17.8. The SMILES string of the molecule is O=C(C1CCCN1S(=O)(=O)c1ccc2ccccc2c1)N(CCc1nn[nH]n1)C1CC1. The molecule has 3 aromatic rings. The van der Waals surface area contributed by atoms with Crippen molar-refractivity contribution >= 4 is 26.7 Å². The van der Waals surface area contributed by atoms with E-state index in [4.69, 9.17) is 0 Å². The van der Waals surface area contributed by atoms with Gasteiger partial charge < -0.3 is 4.90 Å². The molecule has 1 aromatic heterocycles. The Balaban J connectivity index is 1.38. The van der Waals surface area contributed by atoms with Crippen LogP contribution in [0.2, 0.25) is 0 Å². The molecule has 1 saturated carbocycles. The predicted molar refractivity (Wildman–Crippen MR) is 113 cm³/mol. The Labute approximate surface area is 180 Å². The van der Waals surface area contributed by atoms with Gasteiger partial charge in [0.2, 0.25) is 15.9 Å². The van der Waals surface area contributed by atoms with Gasteiger partial charge in [0.25, 0.3) is 0 Å². The molecule has 9 nitrogen and oxygen atoms in total. The molecule has 2 heterocycles. The van der Waals surface area contributed by atoms with Crippen LogP contribution in [0.3, 0.4) is 0 Å². The van der Waals surface area contributed by atoms with E-state index >= 15 is 0 Å². The molecule has 2 aromatic carbocycles. The van der Waals surface area contributed by atoms with Crippen LogP contribution in [0.25, 0.3) is 10.8 Å². The number of aromatic amines is 1. The summed E-state index contributed by atoms with van der Waals surface area (Å²) >= 11 is 0. The number of amides is 1. The Morgan fingerprint density at radius 1 is 1.13 bits per heavy atom. The third kappa shape index (κ3) is 3.92. The Kier molecular flexibility index (Phi) is 5.19. The van der Waals surface area contributed by atoms with E-state index in [9.17, 15) is 13.2 Å². The third-order valence-corrected chi connectivity index (χ3v) is 7.96. The summed E-state index contributed by atoms with van der Waals surface area (Å²) in [5.41, 5.74) is 0. The summed E-state index contributed by atoms with van der Waals surface area (Å²) in [6, 6.07) is 12.3. The van der Waals surface area contributed by atoms with Crippen molar-refractivity contribution in [1.82, 2.24) is 29.8 Å². The fourth-order valence-electron chi connectivity index (χ4n) is 4.30. The van der Waals surface area contributed by atoms with E-state index in [0.717, 1.165) is 23.6 Å². The van der Waals surface area contributed by atoms with Crippen LogP contribution in [0.15, 0.2) is 47.4 Å². The van der Waals surface area contributed by atoms with Gasteiger partial charge in [0, 0.05) is 25.6 Å². The molecule has 1 N–H and O–H groups in total. The Morgan fingerprint density at radius 2 is 1.94 bits per heavy atom. The van der Waals surface area contributed by atoms with Gasteiger partial charge in [-0.1, -0.05) is 35.5 Å². The molecule has 2 fully saturated rings. The highest BCUT2D eigenvalue weighted by atomic mass is 32.2. The second kappa shape index (κ2) is 8.01. The number of carbonyl (C=O) groups excluding carboxylic acids is 1. The first-order valence-corrected chi connectivity index (χ1v) is 12.0. The Hall–Kier alpha value is -2.85. The van der Waals surface area contributed by atoms with E-state index < -0.39 is 16.1 Å². The molecule has 1 aliphatic carbocycles. The molecule has 0 bridgehead atoms. The summed E-state index contributed by atoms with van der Waals surface area (Å²) in [5.74, 6) is 0.429. The molecule has 2 aliphatic rings. The van der Waals surface area contributed by atoms with Crippen molar-refractivity contribution in [1.29, 1.82) is 0 Å². The van der Waals surface area contributed by atoms with Gasteiger partial charge in [0.1, 0.15) is 6.04 Å². The Bertz CT molecular complexity index is 1190. The van der Waals surface area contributed by atoms with Crippen molar-refractivity contribution in [3.05, 3.63) is 48.3 Å². The Morgan fingerprint density at radius 3 is 2.68 bits per heavy atom. The fourth-order valence-corrected chi connectivity index (χ4v) is 5.98. The first kappa shape index (κ1) is 20.1. The maximum Gasteiger partial charge on any atom is 0.243 e. The van der Waals surface area contributed by atoms with Crippen LogP contribution >= 0.6 is 0 Å². The van der Waals surface area contributed by atoms with E-state index in [2.05, 4.69) is 20.6 Å². The van der Waals surface area contributed by atoms with E-state index in [-0.39, 0.29) is 16.8 Å². The first-order valence-electron chi connectivity index (χ1n) is 10.6. The number of rotatable bonds is 7. The van der Waals surface area contributed by atoms with Crippen molar-refractivity contribution < 1.29 is 13.2 Å². The monoisotopic (exact) mass is 440 g/mol. The zero-order chi connectivity index (χ0) is 21.4. The summed E-state index contributed by atoms with van der Waals surface area (Å²) in [7, 11) is -3.78. The van der Waals surface area contributed by atoms with E-state index in [1.54, 1.807) is 12.1 Å². The van der Waals surface area contributed by atoms with Crippen molar-refractivity contribution in [2.24, 2.45) is 0 Å². The number of aromatic nitrogens is 4. The second-order valence-corrected chi connectivity index (χ2v) is 10.0. The van der Waals surface area contributed by atoms with Crippen LogP contribution in [-0.2, 0) is 21.2 Å². The molecule has 1 aliphatic heterocycles. The summed E-state index contributed by atoms with van der Waals surface area (Å²) in [6.45, 7) is 0.818. The van der Waals surface area contributed by atoms with Gasteiger partial charge in [0.15, 0.2) is 5.82 Å². The maximum atomic E-state index is 13.5. The first-order chi connectivity index (χ1) is 15.0. The van der Waals surface area contributed by atoms with Gasteiger partial charge in [-0.2, -0.15) is 9.52 Å².